The van der Waals surface area contributed by atoms with Crippen LogP contribution in [-0.4, -0.2) is 50.8 Å². The Morgan fingerprint density at radius 1 is 1.33 bits per heavy atom. The average molecular weight is 296 g/mol. The molecule has 1 aliphatic heterocycles. The van der Waals surface area contributed by atoms with Gasteiger partial charge in [-0.1, -0.05) is 33.6 Å². The maximum Gasteiger partial charge on any atom is 0.0503 e. The van der Waals surface area contributed by atoms with Crippen molar-refractivity contribution in [2.24, 2.45) is 17.3 Å². The molecular weight excluding hydrogens is 260 g/mol. The first-order chi connectivity index (χ1) is 10.0. The lowest BCUT2D eigenvalue weighted by molar-refractivity contribution is 0.0833. The summed E-state index contributed by atoms with van der Waals surface area (Å²) >= 11 is 0. The van der Waals surface area contributed by atoms with Crippen LogP contribution in [0.5, 0.6) is 0 Å². The zero-order valence-electron chi connectivity index (χ0n) is 14.7. The molecule has 2 fully saturated rings. The van der Waals surface area contributed by atoms with Crippen LogP contribution < -0.4 is 5.32 Å². The van der Waals surface area contributed by atoms with Crippen LogP contribution in [0.15, 0.2) is 0 Å². The number of ether oxygens (including phenoxy) is 1. The van der Waals surface area contributed by atoms with E-state index in [0.29, 0.717) is 11.5 Å². The smallest absolute Gasteiger partial charge is 0.0503 e. The number of hydrogen-bond acceptors (Lipinski definition) is 3. The number of likely N-dealkylation sites (tertiary alicyclic amines) is 1. The Balaban J connectivity index is 1.92. The lowest BCUT2D eigenvalue weighted by atomic mass is 9.69. The minimum absolute atomic E-state index is 0.504. The van der Waals surface area contributed by atoms with E-state index in [4.69, 9.17) is 4.74 Å². The number of nitrogens with one attached hydrogen (secondary N) is 1. The molecule has 0 radical (unpaired) electrons. The highest BCUT2D eigenvalue weighted by molar-refractivity contribution is 4.92. The average Bonchev–Trinajstić information content (AvgIpc) is 2.84. The second-order valence-corrected chi connectivity index (χ2v) is 8.08. The number of rotatable bonds is 7. The first kappa shape index (κ1) is 17.2. The summed E-state index contributed by atoms with van der Waals surface area (Å²) in [5.74, 6) is 1.65. The molecular formula is C18H36N2O. The molecule has 0 spiro atoms. The topological polar surface area (TPSA) is 24.5 Å². The van der Waals surface area contributed by atoms with Crippen molar-refractivity contribution in [1.29, 1.82) is 0 Å². The molecule has 124 valence electrons. The van der Waals surface area contributed by atoms with Crippen molar-refractivity contribution in [1.82, 2.24) is 10.2 Å². The molecule has 3 atom stereocenters. The summed E-state index contributed by atoms with van der Waals surface area (Å²) in [7, 11) is 1.83. The Hall–Kier alpha value is -0.120. The molecule has 3 nitrogen and oxygen atoms in total. The Labute approximate surface area is 131 Å². The highest BCUT2D eigenvalue weighted by Gasteiger charge is 2.38. The third-order valence-electron chi connectivity index (χ3n) is 5.40. The van der Waals surface area contributed by atoms with Crippen LogP contribution in [0, 0.1) is 17.3 Å². The van der Waals surface area contributed by atoms with Crippen molar-refractivity contribution < 1.29 is 4.74 Å². The van der Waals surface area contributed by atoms with E-state index in [1.165, 1.54) is 58.3 Å². The molecule has 1 heterocycles. The normalized spacial score (nSPS) is 34.7. The maximum absolute atomic E-state index is 5.35. The maximum atomic E-state index is 5.35. The lowest BCUT2D eigenvalue weighted by Crippen LogP contribution is -2.47. The third-order valence-corrected chi connectivity index (χ3v) is 5.40. The van der Waals surface area contributed by atoms with E-state index in [2.05, 4.69) is 31.0 Å². The molecule has 0 amide bonds. The van der Waals surface area contributed by atoms with Crippen LogP contribution in [-0.2, 0) is 4.74 Å². The SMILES string of the molecule is COCC1CCN(CC2(CNC(C)C)CCCC(C)C2)C1. The fourth-order valence-electron chi connectivity index (χ4n) is 4.45. The molecule has 2 rings (SSSR count). The van der Waals surface area contributed by atoms with Gasteiger partial charge in [-0.2, -0.15) is 0 Å². The molecule has 0 aromatic carbocycles. The molecule has 0 aromatic rings. The van der Waals surface area contributed by atoms with Gasteiger partial charge in [0.05, 0.1) is 6.61 Å². The van der Waals surface area contributed by atoms with Crippen LogP contribution in [0.25, 0.3) is 0 Å². The standard InChI is InChI=1S/C18H36N2O/c1-15(2)19-13-18(8-5-6-16(3)10-18)14-20-9-7-17(11-20)12-21-4/h15-17,19H,5-14H2,1-4H3. The van der Waals surface area contributed by atoms with Crippen LogP contribution in [0.3, 0.4) is 0 Å². The monoisotopic (exact) mass is 296 g/mol. The van der Waals surface area contributed by atoms with Crippen molar-refractivity contribution in [3.8, 4) is 0 Å². The molecule has 1 saturated heterocycles. The third kappa shape index (κ3) is 5.22. The number of methoxy groups -OCH3 is 1. The van der Waals surface area contributed by atoms with Crippen LogP contribution in [0.2, 0.25) is 0 Å². The van der Waals surface area contributed by atoms with Gasteiger partial charge in [-0.05, 0) is 43.1 Å². The van der Waals surface area contributed by atoms with Crippen molar-refractivity contribution in [2.75, 3.05) is 39.9 Å². The van der Waals surface area contributed by atoms with Gasteiger partial charge in [-0.15, -0.1) is 0 Å². The number of nitrogens with zero attached hydrogens (tertiary/aromatic N) is 1. The Morgan fingerprint density at radius 3 is 2.81 bits per heavy atom. The van der Waals surface area contributed by atoms with Crippen molar-refractivity contribution in [3.05, 3.63) is 0 Å². The zero-order valence-corrected chi connectivity index (χ0v) is 14.7. The molecule has 0 bridgehead atoms. The molecule has 3 unspecified atom stereocenters. The van der Waals surface area contributed by atoms with Crippen LogP contribution >= 0.6 is 0 Å². The first-order valence-corrected chi connectivity index (χ1v) is 8.98. The largest absolute Gasteiger partial charge is 0.384 e. The zero-order chi connectivity index (χ0) is 15.3. The van der Waals surface area contributed by atoms with Crippen molar-refractivity contribution >= 4 is 0 Å². The van der Waals surface area contributed by atoms with Gasteiger partial charge in [0.25, 0.3) is 0 Å². The fraction of sp³-hybridized carbons (Fsp3) is 1.00. The molecule has 2 aliphatic rings. The molecule has 1 aliphatic carbocycles. The summed E-state index contributed by atoms with van der Waals surface area (Å²) in [4.78, 5) is 2.71. The van der Waals surface area contributed by atoms with E-state index >= 15 is 0 Å². The van der Waals surface area contributed by atoms with Crippen molar-refractivity contribution in [3.63, 3.8) is 0 Å². The van der Waals surface area contributed by atoms with Gasteiger partial charge in [0.15, 0.2) is 0 Å². The Bertz CT molecular complexity index is 308. The molecule has 21 heavy (non-hydrogen) atoms. The van der Waals surface area contributed by atoms with Gasteiger partial charge < -0.3 is 15.0 Å². The summed E-state index contributed by atoms with van der Waals surface area (Å²) in [6, 6.07) is 0.596. The van der Waals surface area contributed by atoms with Gasteiger partial charge in [-0.3, -0.25) is 0 Å². The second-order valence-electron chi connectivity index (χ2n) is 8.08. The summed E-state index contributed by atoms with van der Waals surface area (Å²) in [5.41, 5.74) is 0.504. The first-order valence-electron chi connectivity index (χ1n) is 8.98. The minimum Gasteiger partial charge on any atom is -0.384 e. The van der Waals surface area contributed by atoms with Crippen molar-refractivity contribution in [2.45, 2.75) is 58.9 Å². The molecule has 1 saturated carbocycles. The van der Waals surface area contributed by atoms with E-state index in [9.17, 15) is 0 Å². The molecule has 0 aromatic heterocycles. The highest BCUT2D eigenvalue weighted by atomic mass is 16.5. The fourth-order valence-corrected chi connectivity index (χ4v) is 4.45. The van der Waals surface area contributed by atoms with Gasteiger partial charge in [0, 0.05) is 32.8 Å². The van der Waals surface area contributed by atoms with E-state index in [1.807, 2.05) is 7.11 Å². The molecule has 1 N–H and O–H groups in total. The summed E-state index contributed by atoms with van der Waals surface area (Å²) in [6.07, 6.45) is 6.96. The molecule has 3 heteroatoms. The van der Waals surface area contributed by atoms with Gasteiger partial charge in [-0.25, -0.2) is 0 Å². The van der Waals surface area contributed by atoms with E-state index < -0.39 is 0 Å². The lowest BCUT2D eigenvalue weighted by Gasteiger charge is -2.43. The van der Waals surface area contributed by atoms with E-state index in [-0.39, 0.29) is 0 Å². The minimum atomic E-state index is 0.504. The Kier molecular flexibility index (Phi) is 6.51. The summed E-state index contributed by atoms with van der Waals surface area (Å²) in [5, 5.41) is 3.74. The van der Waals surface area contributed by atoms with Crippen LogP contribution in [0.4, 0.5) is 0 Å². The second kappa shape index (κ2) is 7.94. The van der Waals surface area contributed by atoms with E-state index in [0.717, 1.165) is 18.4 Å². The van der Waals surface area contributed by atoms with Gasteiger partial charge >= 0.3 is 0 Å². The van der Waals surface area contributed by atoms with Gasteiger partial charge in [0.2, 0.25) is 0 Å². The summed E-state index contributed by atoms with van der Waals surface area (Å²) in [6.45, 7) is 12.9. The summed E-state index contributed by atoms with van der Waals surface area (Å²) < 4.78 is 5.35. The quantitative estimate of drug-likeness (QED) is 0.781. The predicted octanol–water partition coefficient (Wildman–Crippen LogP) is 3.15. The predicted molar refractivity (Wildman–Crippen MR) is 89.6 cm³/mol. The van der Waals surface area contributed by atoms with Gasteiger partial charge in [0.1, 0.15) is 0 Å². The highest BCUT2D eigenvalue weighted by Crippen LogP contribution is 2.40. The number of hydrogen-bond donors (Lipinski definition) is 1. The van der Waals surface area contributed by atoms with E-state index in [1.54, 1.807) is 0 Å². The Morgan fingerprint density at radius 2 is 2.14 bits per heavy atom. The van der Waals surface area contributed by atoms with Crippen LogP contribution in [0.1, 0.15) is 52.9 Å².